The van der Waals surface area contributed by atoms with Crippen molar-refractivity contribution in [2.45, 2.75) is 6.42 Å². The quantitative estimate of drug-likeness (QED) is 0.670. The van der Waals surface area contributed by atoms with Gasteiger partial charge in [-0.25, -0.2) is 0 Å². The van der Waals surface area contributed by atoms with Crippen molar-refractivity contribution in [1.29, 1.82) is 0 Å². The number of rotatable bonds is 8. The van der Waals surface area contributed by atoms with Crippen LogP contribution in [0.5, 0.6) is 5.75 Å². The molecule has 0 bridgehead atoms. The van der Waals surface area contributed by atoms with Crippen LogP contribution in [0.25, 0.3) is 0 Å². The molecular weight excluding hydrogens is 348 g/mol. The summed E-state index contributed by atoms with van der Waals surface area (Å²) in [5, 5.41) is 2.89. The van der Waals surface area contributed by atoms with E-state index in [0.29, 0.717) is 37.7 Å². The first-order valence-corrected chi connectivity index (χ1v) is 9.47. The minimum absolute atomic E-state index is 0.0499. The molecule has 2 heterocycles. The van der Waals surface area contributed by atoms with Gasteiger partial charge in [-0.3, -0.25) is 14.5 Å². The maximum atomic E-state index is 12.5. The van der Waals surface area contributed by atoms with E-state index in [2.05, 4.69) is 10.2 Å². The van der Waals surface area contributed by atoms with Crippen LogP contribution in [0.15, 0.2) is 24.3 Å². The molecule has 3 N–H and O–H groups in total. The molecule has 2 amide bonds. The predicted octanol–water partition coefficient (Wildman–Crippen LogP) is 0.143. The third kappa shape index (κ3) is 5.66. The molecule has 2 aliphatic heterocycles. The minimum Gasteiger partial charge on any atom is -0.492 e. The summed E-state index contributed by atoms with van der Waals surface area (Å²) in [7, 11) is 0. The molecule has 1 aromatic carbocycles. The molecule has 0 saturated carbocycles. The van der Waals surface area contributed by atoms with Crippen LogP contribution in [0.3, 0.4) is 0 Å². The van der Waals surface area contributed by atoms with E-state index < -0.39 is 0 Å². The van der Waals surface area contributed by atoms with Crippen LogP contribution < -0.4 is 15.8 Å². The van der Waals surface area contributed by atoms with Gasteiger partial charge in [0.05, 0.1) is 19.1 Å². The van der Waals surface area contributed by atoms with Crippen molar-refractivity contribution in [3.05, 3.63) is 24.3 Å². The summed E-state index contributed by atoms with van der Waals surface area (Å²) in [5.74, 6) is 0.334. The van der Waals surface area contributed by atoms with Crippen molar-refractivity contribution >= 4 is 17.5 Å². The van der Waals surface area contributed by atoms with E-state index in [1.807, 2.05) is 0 Å². The average molecular weight is 376 g/mol. The highest BCUT2D eigenvalue weighted by Crippen LogP contribution is 2.21. The number of hydrogen-bond donors (Lipinski definition) is 2. The van der Waals surface area contributed by atoms with Crippen molar-refractivity contribution in [3.8, 4) is 5.75 Å². The molecule has 148 valence electrons. The Balaban J connectivity index is 1.45. The molecule has 27 heavy (non-hydrogen) atoms. The number of morpholine rings is 1. The molecule has 0 spiro atoms. The Hall–Kier alpha value is -2.16. The van der Waals surface area contributed by atoms with Crippen LogP contribution in [0, 0.1) is 5.92 Å². The number of likely N-dealkylation sites (tertiary alicyclic amines) is 1. The molecule has 2 saturated heterocycles. The first-order chi connectivity index (χ1) is 13.2. The molecule has 8 heteroatoms. The van der Waals surface area contributed by atoms with Crippen LogP contribution in [0.2, 0.25) is 0 Å². The summed E-state index contributed by atoms with van der Waals surface area (Å²) in [6.45, 7) is 6.17. The number of nitrogens with two attached hydrogens (primary N) is 1. The Labute approximate surface area is 159 Å². The summed E-state index contributed by atoms with van der Waals surface area (Å²) in [6, 6.07) is 7.16. The fourth-order valence-corrected chi connectivity index (χ4v) is 3.31. The first-order valence-electron chi connectivity index (χ1n) is 9.47. The number of benzene rings is 1. The number of nitrogens with one attached hydrogen (secondary N) is 1. The van der Waals surface area contributed by atoms with E-state index in [0.717, 1.165) is 32.8 Å². The third-order valence-electron chi connectivity index (χ3n) is 4.88. The number of carbonyl (C=O) groups is 2. The Morgan fingerprint density at radius 3 is 2.67 bits per heavy atom. The van der Waals surface area contributed by atoms with Crippen LogP contribution in [0.4, 0.5) is 5.69 Å². The predicted molar refractivity (Wildman–Crippen MR) is 102 cm³/mol. The van der Waals surface area contributed by atoms with Gasteiger partial charge < -0.3 is 25.4 Å². The minimum atomic E-state index is -0.310. The zero-order valence-corrected chi connectivity index (χ0v) is 15.6. The Morgan fingerprint density at radius 2 is 1.96 bits per heavy atom. The largest absolute Gasteiger partial charge is 0.492 e. The molecule has 2 fully saturated rings. The van der Waals surface area contributed by atoms with E-state index in [9.17, 15) is 9.59 Å². The SMILES string of the molecule is NCCOc1ccc(NC(=O)C2CC(=O)N(CCN3CCOCC3)C2)cc1. The summed E-state index contributed by atoms with van der Waals surface area (Å²) in [4.78, 5) is 28.8. The average Bonchev–Trinajstić information content (AvgIpc) is 3.07. The van der Waals surface area contributed by atoms with Crippen molar-refractivity contribution in [2.75, 3.05) is 64.4 Å². The number of carbonyl (C=O) groups excluding carboxylic acids is 2. The lowest BCUT2D eigenvalue weighted by atomic mass is 10.1. The zero-order valence-electron chi connectivity index (χ0n) is 15.6. The zero-order chi connectivity index (χ0) is 19.1. The number of amides is 2. The van der Waals surface area contributed by atoms with Gasteiger partial charge in [-0.05, 0) is 24.3 Å². The molecule has 0 radical (unpaired) electrons. The summed E-state index contributed by atoms with van der Waals surface area (Å²) in [5.41, 5.74) is 6.10. The van der Waals surface area contributed by atoms with Crippen LogP contribution in [-0.4, -0.2) is 80.7 Å². The maximum absolute atomic E-state index is 12.5. The van der Waals surface area contributed by atoms with Crippen LogP contribution in [-0.2, 0) is 14.3 Å². The first kappa shape index (κ1) is 19.6. The molecule has 8 nitrogen and oxygen atoms in total. The van der Waals surface area contributed by atoms with Gasteiger partial charge in [0.2, 0.25) is 11.8 Å². The highest BCUT2D eigenvalue weighted by atomic mass is 16.5. The third-order valence-corrected chi connectivity index (χ3v) is 4.88. The topological polar surface area (TPSA) is 97.1 Å². The van der Waals surface area contributed by atoms with Crippen molar-refractivity contribution in [1.82, 2.24) is 9.80 Å². The van der Waals surface area contributed by atoms with Gasteiger partial charge in [0.25, 0.3) is 0 Å². The number of anilines is 1. The molecule has 3 rings (SSSR count). The van der Waals surface area contributed by atoms with Crippen molar-refractivity contribution in [3.63, 3.8) is 0 Å². The Bertz CT molecular complexity index is 631. The van der Waals surface area contributed by atoms with Gasteiger partial charge in [-0.1, -0.05) is 0 Å². The summed E-state index contributed by atoms with van der Waals surface area (Å²) < 4.78 is 10.8. The summed E-state index contributed by atoms with van der Waals surface area (Å²) in [6.07, 6.45) is 0.270. The van der Waals surface area contributed by atoms with Gasteiger partial charge in [0.15, 0.2) is 0 Å². The second-order valence-corrected chi connectivity index (χ2v) is 6.85. The van der Waals surface area contributed by atoms with E-state index in [1.165, 1.54) is 0 Å². The monoisotopic (exact) mass is 376 g/mol. The normalized spacial score (nSPS) is 20.7. The molecule has 1 unspecified atom stereocenters. The number of hydrogen-bond acceptors (Lipinski definition) is 6. The van der Waals surface area contributed by atoms with Gasteiger partial charge in [0.1, 0.15) is 12.4 Å². The second kappa shape index (κ2) is 9.68. The van der Waals surface area contributed by atoms with Crippen molar-refractivity contribution in [2.24, 2.45) is 11.7 Å². The smallest absolute Gasteiger partial charge is 0.229 e. The van der Waals surface area contributed by atoms with Gasteiger partial charge >= 0.3 is 0 Å². The molecule has 0 aromatic heterocycles. The van der Waals surface area contributed by atoms with Gasteiger partial charge in [-0.15, -0.1) is 0 Å². The van der Waals surface area contributed by atoms with Gasteiger partial charge in [0, 0.05) is 51.4 Å². The number of ether oxygens (including phenoxy) is 2. The standard InChI is InChI=1S/C19H28N4O4/c20-5-10-27-17-3-1-16(2-4-17)21-19(25)15-13-18(24)23(14-15)7-6-22-8-11-26-12-9-22/h1-4,15H,5-14,20H2,(H,21,25). The lowest BCUT2D eigenvalue weighted by Crippen LogP contribution is -2.42. The fraction of sp³-hybridized carbons (Fsp3) is 0.579. The second-order valence-electron chi connectivity index (χ2n) is 6.85. The van der Waals surface area contributed by atoms with Crippen molar-refractivity contribution < 1.29 is 19.1 Å². The van der Waals surface area contributed by atoms with E-state index in [-0.39, 0.29) is 24.2 Å². The van der Waals surface area contributed by atoms with Gasteiger partial charge in [-0.2, -0.15) is 0 Å². The number of nitrogens with zero attached hydrogens (tertiary/aromatic N) is 2. The molecule has 2 aliphatic rings. The molecule has 1 aromatic rings. The lowest BCUT2D eigenvalue weighted by molar-refractivity contribution is -0.128. The summed E-state index contributed by atoms with van der Waals surface area (Å²) >= 11 is 0. The molecule has 1 atom stereocenters. The highest BCUT2D eigenvalue weighted by molar-refractivity contribution is 5.97. The van der Waals surface area contributed by atoms with E-state index >= 15 is 0 Å². The van der Waals surface area contributed by atoms with E-state index in [4.69, 9.17) is 15.2 Å². The fourth-order valence-electron chi connectivity index (χ4n) is 3.31. The molecular formula is C19H28N4O4. The lowest BCUT2D eigenvalue weighted by Gasteiger charge is -2.28. The van der Waals surface area contributed by atoms with E-state index in [1.54, 1.807) is 29.2 Å². The Kier molecular flexibility index (Phi) is 7.03. The highest BCUT2D eigenvalue weighted by Gasteiger charge is 2.34. The molecule has 0 aliphatic carbocycles. The Morgan fingerprint density at radius 1 is 1.22 bits per heavy atom. The maximum Gasteiger partial charge on any atom is 0.229 e. The van der Waals surface area contributed by atoms with Crippen LogP contribution >= 0.6 is 0 Å². The van der Waals surface area contributed by atoms with Crippen LogP contribution in [0.1, 0.15) is 6.42 Å².